The minimum atomic E-state index is -0.486. The van der Waals surface area contributed by atoms with Crippen LogP contribution in [0.1, 0.15) is 12.5 Å². The molecule has 2 aromatic carbocycles. The van der Waals surface area contributed by atoms with Crippen LogP contribution in [-0.2, 0) is 4.79 Å². The molecular weight excluding hydrogens is 408 g/mol. The number of rotatable bonds is 7. The number of carbonyl (C=O) groups excluding carboxylic acids is 1. The molecule has 156 valence electrons. The highest BCUT2D eigenvalue weighted by Crippen LogP contribution is 2.38. The van der Waals surface area contributed by atoms with Crippen molar-refractivity contribution in [2.75, 3.05) is 21.3 Å². The lowest BCUT2D eigenvalue weighted by Gasteiger charge is -2.13. The van der Waals surface area contributed by atoms with Crippen molar-refractivity contribution in [3.05, 3.63) is 46.7 Å². The van der Waals surface area contributed by atoms with Crippen LogP contribution < -0.4 is 18.9 Å². The van der Waals surface area contributed by atoms with Gasteiger partial charge in [0, 0.05) is 18.1 Å². The van der Waals surface area contributed by atoms with E-state index in [1.165, 1.54) is 25.8 Å². The largest absolute Gasteiger partial charge is 0.497 e. The molecule has 30 heavy (non-hydrogen) atoms. The van der Waals surface area contributed by atoms with E-state index in [1.807, 2.05) is 24.3 Å². The Kier molecular flexibility index (Phi) is 6.48. The maximum Gasteiger partial charge on any atom is 0.308 e. The van der Waals surface area contributed by atoms with E-state index in [0.717, 1.165) is 5.56 Å². The van der Waals surface area contributed by atoms with Gasteiger partial charge in [-0.15, -0.1) is 0 Å². The normalized spacial score (nSPS) is 10.8. The molecule has 0 aliphatic rings. The van der Waals surface area contributed by atoms with E-state index in [9.17, 15) is 4.79 Å². The molecule has 9 nitrogen and oxygen atoms in total. The van der Waals surface area contributed by atoms with E-state index in [4.69, 9.17) is 31.2 Å². The van der Waals surface area contributed by atoms with Crippen molar-refractivity contribution in [2.24, 2.45) is 5.10 Å². The summed E-state index contributed by atoms with van der Waals surface area (Å²) >= 11 is 5.31. The minimum absolute atomic E-state index is 0.196. The molecule has 0 saturated carbocycles. The number of hydrogen-bond donors (Lipinski definition) is 1. The van der Waals surface area contributed by atoms with Gasteiger partial charge < -0.3 is 18.9 Å². The van der Waals surface area contributed by atoms with Crippen LogP contribution in [0.25, 0.3) is 11.4 Å². The Morgan fingerprint density at radius 1 is 1.13 bits per heavy atom. The van der Waals surface area contributed by atoms with E-state index in [-0.39, 0.29) is 5.75 Å². The molecule has 0 saturated heterocycles. The Bertz CT molecular complexity index is 1130. The van der Waals surface area contributed by atoms with Gasteiger partial charge in [0.15, 0.2) is 17.3 Å². The highest BCUT2D eigenvalue weighted by Gasteiger charge is 2.16. The number of methoxy groups -OCH3 is 3. The Morgan fingerprint density at radius 3 is 2.43 bits per heavy atom. The number of esters is 1. The molecule has 0 amide bonds. The number of nitrogens with one attached hydrogen (secondary N) is 1. The van der Waals surface area contributed by atoms with Crippen LogP contribution in [0.4, 0.5) is 0 Å². The Labute approximate surface area is 177 Å². The molecule has 0 unspecified atom stereocenters. The van der Waals surface area contributed by atoms with Crippen LogP contribution in [0.5, 0.6) is 23.0 Å². The van der Waals surface area contributed by atoms with Crippen molar-refractivity contribution in [3.63, 3.8) is 0 Å². The van der Waals surface area contributed by atoms with Gasteiger partial charge in [-0.25, -0.2) is 5.10 Å². The topological polar surface area (TPSA) is 100.0 Å². The first-order valence-corrected chi connectivity index (χ1v) is 9.18. The Hall–Kier alpha value is -3.66. The molecule has 1 heterocycles. The Morgan fingerprint density at radius 2 is 1.83 bits per heavy atom. The number of aromatic nitrogens is 3. The molecule has 0 spiro atoms. The summed E-state index contributed by atoms with van der Waals surface area (Å²) in [6.07, 6.45) is 1.57. The van der Waals surface area contributed by atoms with E-state index < -0.39 is 5.97 Å². The molecule has 1 N–H and O–H groups in total. The van der Waals surface area contributed by atoms with E-state index in [2.05, 4.69) is 15.3 Å². The zero-order valence-electron chi connectivity index (χ0n) is 16.8. The summed E-state index contributed by atoms with van der Waals surface area (Å²) in [5, 5.41) is 11.4. The molecule has 0 fully saturated rings. The molecule has 3 aromatic rings. The quantitative estimate of drug-likeness (QED) is 0.266. The first kappa shape index (κ1) is 21.1. The van der Waals surface area contributed by atoms with Crippen molar-refractivity contribution in [1.82, 2.24) is 14.9 Å². The van der Waals surface area contributed by atoms with Gasteiger partial charge in [-0.2, -0.15) is 14.9 Å². The molecule has 3 rings (SSSR count). The summed E-state index contributed by atoms with van der Waals surface area (Å²) in [6.45, 7) is 1.30. The summed E-state index contributed by atoms with van der Waals surface area (Å²) < 4.78 is 22.9. The average Bonchev–Trinajstić information content (AvgIpc) is 3.12. The fraction of sp³-hybridized carbons (Fsp3) is 0.200. The molecule has 0 atom stereocenters. The van der Waals surface area contributed by atoms with Gasteiger partial charge in [0.25, 0.3) is 0 Å². The van der Waals surface area contributed by atoms with Crippen molar-refractivity contribution < 1.29 is 23.7 Å². The Balaban J connectivity index is 2.01. The number of H-pyrrole nitrogens is 1. The zero-order chi connectivity index (χ0) is 21.7. The molecule has 0 aliphatic carbocycles. The van der Waals surface area contributed by atoms with Crippen molar-refractivity contribution in [2.45, 2.75) is 6.92 Å². The van der Waals surface area contributed by atoms with E-state index >= 15 is 0 Å². The SMILES string of the molecule is COc1cccc(-c2n[nH]c(=S)n2/N=C\c2cc(OC)c(OC(C)=O)c(OC)c2)c1. The van der Waals surface area contributed by atoms with Crippen LogP contribution in [0.3, 0.4) is 0 Å². The van der Waals surface area contributed by atoms with Gasteiger partial charge in [0.2, 0.25) is 10.5 Å². The van der Waals surface area contributed by atoms with Crippen molar-refractivity contribution in [3.8, 4) is 34.4 Å². The fourth-order valence-electron chi connectivity index (χ4n) is 2.69. The molecule has 0 aliphatic heterocycles. The highest BCUT2D eigenvalue weighted by atomic mass is 32.1. The minimum Gasteiger partial charge on any atom is -0.497 e. The lowest BCUT2D eigenvalue weighted by atomic mass is 10.2. The van der Waals surface area contributed by atoms with Gasteiger partial charge in [-0.3, -0.25) is 4.79 Å². The lowest BCUT2D eigenvalue weighted by molar-refractivity contribution is -0.132. The van der Waals surface area contributed by atoms with E-state index in [0.29, 0.717) is 33.4 Å². The number of carbonyl (C=O) groups is 1. The smallest absolute Gasteiger partial charge is 0.308 e. The summed E-state index contributed by atoms with van der Waals surface area (Å²) in [5.74, 6) is 1.57. The monoisotopic (exact) mass is 428 g/mol. The first-order chi connectivity index (χ1) is 14.5. The lowest BCUT2D eigenvalue weighted by Crippen LogP contribution is -2.05. The second-order valence-electron chi connectivity index (χ2n) is 5.99. The first-order valence-electron chi connectivity index (χ1n) is 8.77. The van der Waals surface area contributed by atoms with Gasteiger partial charge in [0.05, 0.1) is 27.5 Å². The zero-order valence-corrected chi connectivity index (χ0v) is 17.6. The summed E-state index contributed by atoms with van der Waals surface area (Å²) in [7, 11) is 4.53. The third-order valence-electron chi connectivity index (χ3n) is 4.03. The summed E-state index contributed by atoms with van der Waals surface area (Å²) in [6, 6.07) is 10.7. The number of ether oxygens (including phenoxy) is 4. The van der Waals surface area contributed by atoms with Crippen LogP contribution in [0, 0.1) is 4.77 Å². The average molecular weight is 428 g/mol. The third kappa shape index (κ3) is 4.49. The van der Waals surface area contributed by atoms with Gasteiger partial charge in [-0.05, 0) is 36.5 Å². The molecule has 0 radical (unpaired) electrons. The third-order valence-corrected chi connectivity index (χ3v) is 4.29. The maximum atomic E-state index is 11.4. The number of hydrogen-bond acceptors (Lipinski definition) is 8. The van der Waals surface area contributed by atoms with Gasteiger partial charge in [0.1, 0.15) is 5.75 Å². The number of nitrogens with zero attached hydrogens (tertiary/aromatic N) is 3. The fourth-order valence-corrected chi connectivity index (χ4v) is 2.87. The number of benzene rings is 2. The summed E-state index contributed by atoms with van der Waals surface area (Å²) in [5.41, 5.74) is 1.42. The molecular formula is C20H20N4O5S. The van der Waals surface area contributed by atoms with Gasteiger partial charge in [-0.1, -0.05) is 12.1 Å². The second-order valence-corrected chi connectivity index (χ2v) is 6.38. The maximum absolute atomic E-state index is 11.4. The number of aromatic amines is 1. The summed E-state index contributed by atoms with van der Waals surface area (Å²) in [4.78, 5) is 11.4. The standard InChI is InChI=1S/C20H20N4O5S/c1-12(25)29-18-16(27-3)8-13(9-17(18)28-4)11-21-24-19(22-23-20(24)30)14-6-5-7-15(10-14)26-2/h5-11H,1-4H3,(H,23,30)/b21-11-. The van der Waals surface area contributed by atoms with E-state index in [1.54, 1.807) is 25.5 Å². The highest BCUT2D eigenvalue weighted by molar-refractivity contribution is 7.71. The second kappa shape index (κ2) is 9.23. The predicted molar refractivity (Wildman–Crippen MR) is 113 cm³/mol. The van der Waals surface area contributed by atoms with Crippen LogP contribution >= 0.6 is 12.2 Å². The van der Waals surface area contributed by atoms with Gasteiger partial charge >= 0.3 is 5.97 Å². The van der Waals surface area contributed by atoms with Crippen LogP contribution in [0.15, 0.2) is 41.5 Å². The molecule has 1 aromatic heterocycles. The van der Waals surface area contributed by atoms with Crippen LogP contribution in [0.2, 0.25) is 0 Å². The van der Waals surface area contributed by atoms with Crippen molar-refractivity contribution >= 4 is 24.4 Å². The molecule has 10 heteroatoms. The van der Waals surface area contributed by atoms with Crippen molar-refractivity contribution in [1.29, 1.82) is 0 Å². The van der Waals surface area contributed by atoms with Crippen LogP contribution in [-0.4, -0.2) is 48.4 Å². The molecule has 0 bridgehead atoms. The predicted octanol–water partition coefficient (Wildman–Crippen LogP) is 3.44.